The zero-order valence-corrected chi connectivity index (χ0v) is 40.3. The molecule has 0 radical (unpaired) electrons. The standard InChI is InChI=1S/C46H75NO12.Na/c1-12-24-54-42(52)47-35-18-21-45(59-46(35)23-22-43(11,58-46)36-19-20-44(53,15-4)31(10)55-36)28(7)25-27(6)40(57-45)33(14-3)38(49)29(8)37(48)30(9)39-26(5)16-17-34(56-39)32(13-2)41(50)51;/h12,18,21,26-37,39-40,48,53H,1,13-17,19-20,22-25H2,2-11H3,(H,47,52)(H,50,51);/q;+1/p-1/t26-,27-,28+,29-,30-,31-,32+,33-,34+,35-,36+,37+,39+,40-,43-,44+,45-,46-;/m0./s1. The summed E-state index contributed by atoms with van der Waals surface area (Å²) in [6.45, 7) is 23.1. The summed E-state index contributed by atoms with van der Waals surface area (Å²) in [6.07, 6.45) is 6.80. The topological polar surface area (TPSA) is 182 Å². The number of carboxylic acid groups (broad SMARTS) is 1. The van der Waals surface area contributed by atoms with Gasteiger partial charge in [-0.3, -0.25) is 4.79 Å². The smallest absolute Gasteiger partial charge is 0.550 e. The van der Waals surface area contributed by atoms with Gasteiger partial charge in [0, 0.05) is 42.0 Å². The summed E-state index contributed by atoms with van der Waals surface area (Å²) >= 11 is 0. The van der Waals surface area contributed by atoms with Crippen LogP contribution in [0.15, 0.2) is 24.8 Å². The molecule has 0 saturated carbocycles. The van der Waals surface area contributed by atoms with E-state index in [0.29, 0.717) is 57.8 Å². The van der Waals surface area contributed by atoms with Gasteiger partial charge in [0.1, 0.15) is 18.4 Å². The summed E-state index contributed by atoms with van der Waals surface area (Å²) in [7, 11) is 0. The van der Waals surface area contributed by atoms with Crippen molar-refractivity contribution >= 4 is 17.8 Å². The van der Waals surface area contributed by atoms with Crippen molar-refractivity contribution in [1.82, 2.24) is 5.32 Å². The van der Waals surface area contributed by atoms with E-state index < -0.39 is 95.1 Å². The number of carboxylic acids is 1. The van der Waals surface area contributed by atoms with E-state index in [-0.39, 0.29) is 65.8 Å². The molecule has 0 aromatic heterocycles. The Morgan fingerprint density at radius 3 is 2.25 bits per heavy atom. The van der Waals surface area contributed by atoms with Crippen LogP contribution in [0.4, 0.5) is 4.79 Å². The Balaban J connectivity index is 0.00000794. The molecular weight excluding hydrogens is 781 g/mol. The number of hydrogen-bond acceptors (Lipinski definition) is 12. The Morgan fingerprint density at radius 2 is 1.65 bits per heavy atom. The Bertz CT molecular complexity index is 1530. The van der Waals surface area contributed by atoms with Crippen LogP contribution in [0.5, 0.6) is 0 Å². The van der Waals surface area contributed by atoms with Crippen LogP contribution in [0.3, 0.4) is 0 Å². The maximum absolute atomic E-state index is 14.6. The summed E-state index contributed by atoms with van der Waals surface area (Å²) < 4.78 is 39.5. The third-order valence-corrected chi connectivity index (χ3v) is 15.1. The van der Waals surface area contributed by atoms with E-state index in [4.69, 9.17) is 28.4 Å². The number of rotatable bonds is 15. The van der Waals surface area contributed by atoms with Crippen molar-refractivity contribution in [2.45, 2.75) is 199 Å². The number of aliphatic hydroxyl groups is 2. The molecule has 0 unspecified atom stereocenters. The monoisotopic (exact) mass is 856 g/mol. The molecule has 5 rings (SSSR count). The molecule has 13 nitrogen and oxygen atoms in total. The van der Waals surface area contributed by atoms with Crippen molar-refractivity contribution in [2.24, 2.45) is 41.4 Å². The third kappa shape index (κ3) is 10.3. The molecule has 0 aliphatic carbocycles. The molecule has 0 aromatic carbocycles. The molecule has 14 heteroatoms. The second kappa shape index (κ2) is 20.6. The van der Waals surface area contributed by atoms with Crippen LogP contribution in [0.1, 0.15) is 133 Å². The van der Waals surface area contributed by atoms with Crippen LogP contribution in [0, 0.1) is 41.4 Å². The van der Waals surface area contributed by atoms with Gasteiger partial charge in [0.25, 0.3) is 0 Å². The first-order chi connectivity index (χ1) is 27.7. The first kappa shape index (κ1) is 51.2. The average molecular weight is 856 g/mol. The molecule has 2 spiro atoms. The Hall–Kier alpha value is -1.39. The van der Waals surface area contributed by atoms with Gasteiger partial charge in [0.2, 0.25) is 0 Å². The Labute approximate surface area is 380 Å². The number of nitrogens with one attached hydrogen (secondary N) is 1. The number of carbonyl (C=O) groups excluding carboxylic acids is 3. The quantitative estimate of drug-likeness (QED) is 0.162. The number of aliphatic carboxylic acids is 1. The molecule has 4 fully saturated rings. The van der Waals surface area contributed by atoms with Crippen molar-refractivity contribution < 1.29 is 87.7 Å². The van der Waals surface area contributed by atoms with Gasteiger partial charge in [-0.1, -0.05) is 74.1 Å². The molecular formula is C46H74NNaO12. The molecule has 5 aliphatic heterocycles. The van der Waals surface area contributed by atoms with E-state index >= 15 is 0 Å². The van der Waals surface area contributed by atoms with Crippen molar-refractivity contribution in [3.8, 4) is 0 Å². The van der Waals surface area contributed by atoms with E-state index in [0.717, 1.165) is 6.42 Å². The van der Waals surface area contributed by atoms with E-state index in [9.17, 15) is 29.7 Å². The first-order valence-corrected chi connectivity index (χ1v) is 22.5. The number of ether oxygens (including phenoxy) is 6. The number of hydrogen-bond donors (Lipinski definition) is 3. The maximum Gasteiger partial charge on any atom is 1.00 e. The fraction of sp³-hybridized carbons (Fsp3) is 0.848. The normalized spacial score (nSPS) is 41.7. The van der Waals surface area contributed by atoms with Gasteiger partial charge in [-0.15, -0.1) is 0 Å². The van der Waals surface area contributed by atoms with Crippen LogP contribution < -0.4 is 40.0 Å². The number of amides is 1. The predicted molar refractivity (Wildman–Crippen MR) is 218 cm³/mol. The van der Waals surface area contributed by atoms with E-state index in [1.54, 1.807) is 6.92 Å². The Kier molecular flexibility index (Phi) is 17.6. The second-order valence-corrected chi connectivity index (χ2v) is 19.0. The number of Topliss-reactive ketones (excluding diaryl/α,β-unsaturated/α-hetero) is 1. The molecule has 4 saturated heterocycles. The van der Waals surface area contributed by atoms with Crippen molar-refractivity contribution in [3.63, 3.8) is 0 Å². The minimum atomic E-state index is -1.38. The molecule has 0 aromatic rings. The predicted octanol–water partition coefficient (Wildman–Crippen LogP) is 2.78. The van der Waals surface area contributed by atoms with Crippen LogP contribution in [0.2, 0.25) is 0 Å². The fourth-order valence-corrected chi connectivity index (χ4v) is 11.0. The fourth-order valence-electron chi connectivity index (χ4n) is 11.0. The van der Waals surface area contributed by atoms with Crippen LogP contribution in [-0.4, -0.2) is 100 Å². The van der Waals surface area contributed by atoms with Gasteiger partial charge >= 0.3 is 35.7 Å². The Morgan fingerprint density at radius 1 is 0.967 bits per heavy atom. The van der Waals surface area contributed by atoms with Gasteiger partial charge in [-0.25, -0.2) is 4.79 Å². The average Bonchev–Trinajstić information content (AvgIpc) is 3.54. The number of carbonyl (C=O) groups is 3. The summed E-state index contributed by atoms with van der Waals surface area (Å²) in [5, 5.41) is 37.8. The second-order valence-electron chi connectivity index (χ2n) is 19.0. The van der Waals surface area contributed by atoms with Crippen molar-refractivity contribution in [1.29, 1.82) is 0 Å². The molecule has 60 heavy (non-hydrogen) atoms. The first-order valence-electron chi connectivity index (χ1n) is 22.5. The zero-order valence-electron chi connectivity index (χ0n) is 38.3. The maximum atomic E-state index is 14.6. The molecule has 5 aliphatic rings. The summed E-state index contributed by atoms with van der Waals surface area (Å²) in [5.41, 5.74) is -1.74. The molecule has 3 N–H and O–H groups in total. The summed E-state index contributed by atoms with van der Waals surface area (Å²) in [4.78, 5) is 39.5. The van der Waals surface area contributed by atoms with Crippen LogP contribution >= 0.6 is 0 Å². The summed E-state index contributed by atoms with van der Waals surface area (Å²) in [5.74, 6) is -6.58. The van der Waals surface area contributed by atoms with E-state index in [1.807, 2.05) is 60.6 Å². The molecule has 1 amide bonds. The third-order valence-electron chi connectivity index (χ3n) is 15.1. The SMILES string of the molecule is C=CCOC(=O)N[C@H]1C=C[C@]2(O[C@H]([C@@H](CC)C(=O)[C@@H](C)[C@@H](O)[C@H](C)[C@@H]3O[C@@H]([C@@H](CC)C(=O)[O-])CC[C@@H]3C)[C@@H](C)C[C@H]2C)O[C@@]12CC[C@@](C)([C@H]1CC[C@](O)(CC)[C@H](C)O1)O2.[Na+]. The molecule has 18 atom stereocenters. The molecule has 0 bridgehead atoms. The number of ketones is 1. The van der Waals surface area contributed by atoms with E-state index in [1.165, 1.54) is 6.08 Å². The van der Waals surface area contributed by atoms with Crippen molar-refractivity contribution in [3.05, 3.63) is 24.8 Å². The van der Waals surface area contributed by atoms with Gasteiger partial charge in [-0.05, 0) is 89.5 Å². The van der Waals surface area contributed by atoms with Crippen LogP contribution in [-0.2, 0) is 38.0 Å². The van der Waals surface area contributed by atoms with Gasteiger partial charge in [-0.2, -0.15) is 0 Å². The zero-order chi connectivity index (χ0) is 43.7. The van der Waals surface area contributed by atoms with Gasteiger partial charge < -0.3 is 53.9 Å². The van der Waals surface area contributed by atoms with Crippen molar-refractivity contribution in [2.75, 3.05) is 6.61 Å². The summed E-state index contributed by atoms with van der Waals surface area (Å²) in [6, 6.07) is -0.752. The van der Waals surface area contributed by atoms with Gasteiger partial charge in [0.05, 0.1) is 47.8 Å². The van der Waals surface area contributed by atoms with Gasteiger partial charge in [0.15, 0.2) is 11.6 Å². The van der Waals surface area contributed by atoms with Crippen LogP contribution in [0.25, 0.3) is 0 Å². The molecule has 5 heterocycles. The minimum Gasteiger partial charge on any atom is -0.550 e. The molecule has 336 valence electrons. The largest absolute Gasteiger partial charge is 1.00 e. The number of aliphatic hydroxyl groups excluding tert-OH is 1. The minimum absolute atomic E-state index is 0. The number of alkyl carbamates (subject to hydrolysis) is 1. The van der Waals surface area contributed by atoms with E-state index in [2.05, 4.69) is 25.7 Å².